The number of ketones is 1. The molecule has 1 unspecified atom stereocenters. The molecule has 3 saturated heterocycles. The van der Waals surface area contributed by atoms with Gasteiger partial charge >= 0.3 is 6.03 Å². The van der Waals surface area contributed by atoms with Crippen molar-refractivity contribution in [3.05, 3.63) is 53.9 Å². The van der Waals surface area contributed by atoms with Crippen molar-refractivity contribution in [3.8, 4) is 11.5 Å². The van der Waals surface area contributed by atoms with Crippen molar-refractivity contribution in [2.45, 2.75) is 37.7 Å². The third-order valence-corrected chi connectivity index (χ3v) is 7.94. The second kappa shape index (κ2) is 10.9. The number of carbonyl (C=O) groups is 2. The highest BCUT2D eigenvalue weighted by atomic mass is 16.5. The number of hydrogen-bond acceptors (Lipinski definition) is 6. The molecule has 3 atom stereocenters. The maximum atomic E-state index is 13.4. The number of pyridine rings is 1. The molecule has 36 heavy (non-hydrogen) atoms. The van der Waals surface area contributed by atoms with E-state index in [0.717, 1.165) is 30.5 Å². The zero-order valence-corrected chi connectivity index (χ0v) is 21.1. The van der Waals surface area contributed by atoms with Crippen molar-refractivity contribution in [3.63, 3.8) is 0 Å². The largest absolute Gasteiger partial charge is 0.493 e. The molecule has 0 bridgehead atoms. The fraction of sp³-hybridized carbons (Fsp3) is 0.536. The average molecular weight is 494 g/mol. The van der Waals surface area contributed by atoms with Crippen molar-refractivity contribution in [1.82, 2.24) is 14.8 Å². The van der Waals surface area contributed by atoms with Crippen LogP contribution < -0.4 is 9.47 Å². The summed E-state index contributed by atoms with van der Waals surface area (Å²) in [4.78, 5) is 33.8. The van der Waals surface area contributed by atoms with Gasteiger partial charge in [-0.2, -0.15) is 0 Å². The van der Waals surface area contributed by atoms with Gasteiger partial charge in [0.05, 0.1) is 20.3 Å². The summed E-state index contributed by atoms with van der Waals surface area (Å²) in [5, 5.41) is 0. The molecule has 0 spiro atoms. The number of ether oxygens (including phenoxy) is 3. The fourth-order valence-electron chi connectivity index (χ4n) is 6.07. The number of methoxy groups -OCH3 is 2. The molecule has 1 aromatic carbocycles. The standard InChI is InChI=1S/C28H35N3O5/c1-34-25-7-6-20(16-26(25)35-2)27(23-5-3-4-11-29-23)19-8-12-30(13-9-19)28(33)31-14-10-24-21(17-31)15-22(32)18-36-24/h3-7,11,16,19,21,24,27H,8-10,12-15,17-18H2,1-2H3/t21-,24+,27?/m1/s1. The van der Waals surface area contributed by atoms with Crippen molar-refractivity contribution in [2.24, 2.45) is 11.8 Å². The molecule has 0 N–H and O–H groups in total. The lowest BCUT2D eigenvalue weighted by Crippen LogP contribution is -2.54. The summed E-state index contributed by atoms with van der Waals surface area (Å²) in [6.45, 7) is 2.94. The van der Waals surface area contributed by atoms with Crippen LogP contribution in [0.2, 0.25) is 0 Å². The van der Waals surface area contributed by atoms with Gasteiger partial charge in [-0.05, 0) is 55.0 Å². The van der Waals surface area contributed by atoms with Gasteiger partial charge in [0, 0.05) is 56.3 Å². The zero-order chi connectivity index (χ0) is 25.1. The number of piperidine rings is 2. The molecule has 8 heteroatoms. The first-order valence-electron chi connectivity index (χ1n) is 12.9. The number of urea groups is 1. The van der Waals surface area contributed by atoms with E-state index in [0.29, 0.717) is 50.0 Å². The molecule has 3 fully saturated rings. The van der Waals surface area contributed by atoms with E-state index < -0.39 is 0 Å². The summed E-state index contributed by atoms with van der Waals surface area (Å²) in [6, 6.07) is 12.2. The molecular formula is C28H35N3O5. The fourth-order valence-corrected chi connectivity index (χ4v) is 6.07. The van der Waals surface area contributed by atoms with E-state index in [4.69, 9.17) is 19.2 Å². The number of Topliss-reactive ketones (excluding diaryl/α,β-unsaturated/α-hetero) is 1. The van der Waals surface area contributed by atoms with E-state index in [1.165, 1.54) is 0 Å². The Morgan fingerprint density at radius 1 is 1.03 bits per heavy atom. The van der Waals surface area contributed by atoms with Gasteiger partial charge in [-0.25, -0.2) is 4.79 Å². The number of carbonyl (C=O) groups excluding carboxylic acids is 2. The van der Waals surface area contributed by atoms with Crippen LogP contribution in [0.5, 0.6) is 11.5 Å². The number of likely N-dealkylation sites (tertiary alicyclic amines) is 2. The average Bonchev–Trinajstić information content (AvgIpc) is 2.93. The van der Waals surface area contributed by atoms with Gasteiger partial charge in [-0.15, -0.1) is 0 Å². The minimum atomic E-state index is 0.0884. The topological polar surface area (TPSA) is 81.2 Å². The third kappa shape index (κ3) is 5.05. The summed E-state index contributed by atoms with van der Waals surface area (Å²) < 4.78 is 16.7. The third-order valence-electron chi connectivity index (χ3n) is 7.94. The van der Waals surface area contributed by atoms with Gasteiger partial charge in [0.15, 0.2) is 17.3 Å². The van der Waals surface area contributed by atoms with Gasteiger partial charge in [-0.3, -0.25) is 9.78 Å². The predicted octanol–water partition coefficient (Wildman–Crippen LogP) is 3.74. The van der Waals surface area contributed by atoms with Crippen LogP contribution >= 0.6 is 0 Å². The summed E-state index contributed by atoms with van der Waals surface area (Å²) in [5.74, 6) is 2.12. The first kappa shape index (κ1) is 24.6. The van der Waals surface area contributed by atoms with Gasteiger partial charge in [-0.1, -0.05) is 12.1 Å². The van der Waals surface area contributed by atoms with Crippen LogP contribution in [0.3, 0.4) is 0 Å². The highest BCUT2D eigenvalue weighted by Crippen LogP contribution is 2.40. The van der Waals surface area contributed by atoms with E-state index in [-0.39, 0.29) is 36.4 Å². The normalized spacial score (nSPS) is 23.7. The molecule has 192 valence electrons. The number of aromatic nitrogens is 1. The number of rotatable bonds is 5. The maximum absolute atomic E-state index is 13.4. The number of benzene rings is 1. The Kier molecular flexibility index (Phi) is 7.41. The van der Waals surface area contributed by atoms with Crippen LogP contribution in [0.1, 0.15) is 42.9 Å². The lowest BCUT2D eigenvalue weighted by Gasteiger charge is -2.43. The van der Waals surface area contributed by atoms with Crippen LogP contribution in [0.25, 0.3) is 0 Å². The molecule has 0 saturated carbocycles. The minimum absolute atomic E-state index is 0.0884. The monoisotopic (exact) mass is 493 g/mol. The van der Waals surface area contributed by atoms with Crippen LogP contribution in [0, 0.1) is 11.8 Å². The molecule has 4 heterocycles. The van der Waals surface area contributed by atoms with E-state index in [9.17, 15) is 9.59 Å². The van der Waals surface area contributed by atoms with Gasteiger partial charge in [0.1, 0.15) is 6.61 Å². The number of fused-ring (bicyclic) bond motifs is 1. The zero-order valence-electron chi connectivity index (χ0n) is 21.1. The van der Waals surface area contributed by atoms with Crippen molar-refractivity contribution in [1.29, 1.82) is 0 Å². The quantitative estimate of drug-likeness (QED) is 0.631. The van der Waals surface area contributed by atoms with Gasteiger partial charge in [0.2, 0.25) is 0 Å². The van der Waals surface area contributed by atoms with Crippen LogP contribution in [-0.2, 0) is 9.53 Å². The van der Waals surface area contributed by atoms with Crippen LogP contribution in [0.15, 0.2) is 42.6 Å². The molecule has 2 amide bonds. The van der Waals surface area contributed by atoms with E-state index >= 15 is 0 Å². The lowest BCUT2D eigenvalue weighted by molar-refractivity contribution is -0.140. The highest BCUT2D eigenvalue weighted by Gasteiger charge is 2.39. The summed E-state index contributed by atoms with van der Waals surface area (Å²) in [5.41, 5.74) is 2.17. The first-order chi connectivity index (χ1) is 17.6. The maximum Gasteiger partial charge on any atom is 0.320 e. The Balaban J connectivity index is 1.28. The van der Waals surface area contributed by atoms with Crippen molar-refractivity contribution in [2.75, 3.05) is 47.0 Å². The van der Waals surface area contributed by atoms with Crippen LogP contribution in [0.4, 0.5) is 4.79 Å². The van der Waals surface area contributed by atoms with Gasteiger partial charge < -0.3 is 24.0 Å². The number of amides is 2. The molecule has 3 aliphatic rings. The molecule has 2 aromatic rings. The number of hydrogen-bond donors (Lipinski definition) is 0. The molecule has 5 rings (SSSR count). The van der Waals surface area contributed by atoms with E-state index in [2.05, 4.69) is 12.1 Å². The highest BCUT2D eigenvalue weighted by molar-refractivity contribution is 5.81. The summed E-state index contributed by atoms with van der Waals surface area (Å²) in [6.07, 6.45) is 5.06. The second-order valence-corrected chi connectivity index (χ2v) is 10.0. The summed E-state index contributed by atoms with van der Waals surface area (Å²) >= 11 is 0. The molecule has 0 aliphatic carbocycles. The Hall–Kier alpha value is -3.13. The Labute approximate surface area is 212 Å². The smallest absolute Gasteiger partial charge is 0.320 e. The Morgan fingerprint density at radius 3 is 2.53 bits per heavy atom. The van der Waals surface area contributed by atoms with Gasteiger partial charge in [0.25, 0.3) is 0 Å². The van der Waals surface area contributed by atoms with E-state index in [1.54, 1.807) is 14.2 Å². The van der Waals surface area contributed by atoms with E-state index in [1.807, 2.05) is 40.3 Å². The summed E-state index contributed by atoms with van der Waals surface area (Å²) in [7, 11) is 3.29. The SMILES string of the molecule is COc1ccc(C(c2ccccn2)C2CCN(C(=O)N3CC[C@@H]4OCC(=O)C[C@@H]4C3)CC2)cc1OC. The lowest BCUT2D eigenvalue weighted by atomic mass is 9.78. The molecule has 8 nitrogen and oxygen atoms in total. The predicted molar refractivity (Wildman–Crippen MR) is 134 cm³/mol. The second-order valence-electron chi connectivity index (χ2n) is 10.0. The first-order valence-corrected chi connectivity index (χ1v) is 12.9. The minimum Gasteiger partial charge on any atom is -0.493 e. The van der Waals surface area contributed by atoms with Crippen molar-refractivity contribution >= 4 is 11.8 Å². The molecule has 3 aliphatic heterocycles. The molecule has 1 aromatic heterocycles. The Bertz CT molecular complexity index is 1070. The molecular weight excluding hydrogens is 458 g/mol. The van der Waals surface area contributed by atoms with Crippen LogP contribution in [-0.4, -0.2) is 79.7 Å². The molecule has 0 radical (unpaired) electrons. The Morgan fingerprint density at radius 2 is 1.81 bits per heavy atom. The number of nitrogens with zero attached hydrogens (tertiary/aromatic N) is 3. The van der Waals surface area contributed by atoms with Crippen molar-refractivity contribution < 1.29 is 23.8 Å².